The molecule has 0 aromatic heterocycles. The second-order valence-corrected chi connectivity index (χ2v) is 7.54. The van der Waals surface area contributed by atoms with Crippen molar-refractivity contribution in [3.05, 3.63) is 0 Å². The van der Waals surface area contributed by atoms with Gasteiger partial charge in [-0.15, -0.1) is 0 Å². The van der Waals surface area contributed by atoms with Gasteiger partial charge in [-0.25, -0.2) is 0 Å². The highest BCUT2D eigenvalue weighted by molar-refractivity contribution is 5.90. The Labute approximate surface area is 158 Å². The molecule has 0 heterocycles. The molecule has 0 aromatic carbocycles. The van der Waals surface area contributed by atoms with E-state index in [0.29, 0.717) is 12.8 Å². The van der Waals surface area contributed by atoms with Gasteiger partial charge in [-0.1, -0.05) is 65.7 Å². The smallest absolute Gasteiger partial charge is 0.325 e. The molecule has 0 bridgehead atoms. The van der Waals surface area contributed by atoms with Gasteiger partial charge in [-0.3, -0.25) is 14.4 Å². The van der Waals surface area contributed by atoms with Gasteiger partial charge in [-0.2, -0.15) is 0 Å². The highest BCUT2D eigenvalue weighted by Crippen LogP contribution is 2.10. The van der Waals surface area contributed by atoms with Crippen molar-refractivity contribution in [3.63, 3.8) is 0 Å². The fourth-order valence-electron chi connectivity index (χ4n) is 2.76. The monoisotopic (exact) mass is 370 g/mol. The van der Waals surface area contributed by atoms with Crippen molar-refractivity contribution in [1.29, 1.82) is 0 Å². The van der Waals surface area contributed by atoms with Gasteiger partial charge in [0.15, 0.2) is 0 Å². The summed E-state index contributed by atoms with van der Waals surface area (Å²) in [5.41, 5.74) is 0. The molecular weight excluding hydrogens is 332 g/mol. The predicted molar refractivity (Wildman–Crippen MR) is 104 cm³/mol. The molecule has 2 amide bonds. The molecule has 0 aliphatic rings. The molecule has 0 saturated carbocycles. The second kappa shape index (κ2) is 14.6. The molecule has 152 valence electrons. The molecular formula is C20H38N2O4. The molecule has 0 aliphatic carbocycles. The number of amides is 2. The molecule has 26 heavy (non-hydrogen) atoms. The summed E-state index contributed by atoms with van der Waals surface area (Å²) in [6.45, 7) is 7.54. The zero-order chi connectivity index (χ0) is 19.9. The Kier molecular flexibility index (Phi) is 13.7. The highest BCUT2D eigenvalue weighted by atomic mass is 16.4. The number of nitrogens with one attached hydrogen (secondary N) is 2. The lowest BCUT2D eigenvalue weighted by Gasteiger charge is -2.21. The number of carbonyl (C=O) groups excluding carboxylic acids is 2. The number of hydrogen-bond donors (Lipinski definition) is 3. The van der Waals surface area contributed by atoms with Gasteiger partial charge in [0.25, 0.3) is 0 Å². The zero-order valence-corrected chi connectivity index (χ0v) is 17.0. The summed E-state index contributed by atoms with van der Waals surface area (Å²) in [4.78, 5) is 35.3. The topological polar surface area (TPSA) is 95.5 Å². The summed E-state index contributed by atoms with van der Waals surface area (Å²) in [6, 6.07) is -1.65. The third-order valence-electron chi connectivity index (χ3n) is 4.35. The number of carboxylic acid groups (broad SMARTS) is 1. The quantitative estimate of drug-likeness (QED) is 0.384. The second-order valence-electron chi connectivity index (χ2n) is 7.54. The first-order valence-corrected chi connectivity index (χ1v) is 10.1. The van der Waals surface area contributed by atoms with Gasteiger partial charge in [0.05, 0.1) is 0 Å². The van der Waals surface area contributed by atoms with E-state index in [-0.39, 0.29) is 11.8 Å². The number of unbranched alkanes of at least 4 members (excludes halogenated alkanes) is 7. The molecule has 6 heteroatoms. The lowest BCUT2D eigenvalue weighted by atomic mass is 10.0. The van der Waals surface area contributed by atoms with Crippen molar-refractivity contribution in [2.45, 2.75) is 104 Å². The van der Waals surface area contributed by atoms with Crippen LogP contribution in [0.15, 0.2) is 0 Å². The van der Waals surface area contributed by atoms with Crippen LogP contribution in [-0.2, 0) is 14.4 Å². The summed E-state index contributed by atoms with van der Waals surface area (Å²) in [6.07, 6.45) is 10.2. The molecule has 0 rings (SSSR count). The van der Waals surface area contributed by atoms with Crippen molar-refractivity contribution >= 4 is 17.8 Å². The number of carbonyl (C=O) groups is 3. The average Bonchev–Trinajstić information content (AvgIpc) is 2.56. The average molecular weight is 371 g/mol. The first kappa shape index (κ1) is 24.4. The lowest BCUT2D eigenvalue weighted by molar-refractivity contribution is -0.141. The van der Waals surface area contributed by atoms with Crippen LogP contribution >= 0.6 is 0 Å². The summed E-state index contributed by atoms with van der Waals surface area (Å²) < 4.78 is 0. The fourth-order valence-corrected chi connectivity index (χ4v) is 2.76. The normalized spacial score (nSPS) is 13.3. The largest absolute Gasteiger partial charge is 0.480 e. The first-order chi connectivity index (χ1) is 12.3. The van der Waals surface area contributed by atoms with Crippen LogP contribution in [0, 0.1) is 5.92 Å². The minimum Gasteiger partial charge on any atom is -0.480 e. The fraction of sp³-hybridized carbons (Fsp3) is 0.850. The summed E-state index contributed by atoms with van der Waals surface area (Å²) in [7, 11) is 0. The molecule has 0 unspecified atom stereocenters. The van der Waals surface area contributed by atoms with Crippen molar-refractivity contribution in [3.8, 4) is 0 Å². The zero-order valence-electron chi connectivity index (χ0n) is 17.0. The van der Waals surface area contributed by atoms with Crippen LogP contribution in [-0.4, -0.2) is 35.0 Å². The van der Waals surface area contributed by atoms with E-state index in [1.165, 1.54) is 39.0 Å². The first-order valence-electron chi connectivity index (χ1n) is 10.1. The summed E-state index contributed by atoms with van der Waals surface area (Å²) in [5.74, 6) is -1.45. The Morgan fingerprint density at radius 3 is 1.88 bits per heavy atom. The molecule has 0 aliphatic heterocycles. The van der Waals surface area contributed by atoms with Crippen LogP contribution in [0.5, 0.6) is 0 Å². The Balaban J connectivity index is 4.18. The van der Waals surface area contributed by atoms with E-state index in [1.807, 2.05) is 13.8 Å². The summed E-state index contributed by atoms with van der Waals surface area (Å²) in [5, 5.41) is 14.1. The van der Waals surface area contributed by atoms with Gasteiger partial charge in [0.1, 0.15) is 12.1 Å². The van der Waals surface area contributed by atoms with Crippen LogP contribution in [0.4, 0.5) is 0 Å². The molecule has 2 atom stereocenters. The maximum Gasteiger partial charge on any atom is 0.325 e. The van der Waals surface area contributed by atoms with E-state index in [9.17, 15) is 14.4 Å². The van der Waals surface area contributed by atoms with Gasteiger partial charge in [-0.05, 0) is 25.7 Å². The maximum atomic E-state index is 12.2. The van der Waals surface area contributed by atoms with E-state index in [2.05, 4.69) is 17.6 Å². The van der Waals surface area contributed by atoms with E-state index in [0.717, 1.165) is 19.3 Å². The number of hydrogen-bond acceptors (Lipinski definition) is 3. The van der Waals surface area contributed by atoms with E-state index < -0.39 is 24.0 Å². The van der Waals surface area contributed by atoms with Crippen LogP contribution in [0.3, 0.4) is 0 Å². The van der Waals surface area contributed by atoms with Gasteiger partial charge < -0.3 is 15.7 Å². The molecule has 0 aromatic rings. The minimum atomic E-state index is -1.09. The van der Waals surface area contributed by atoms with Gasteiger partial charge in [0.2, 0.25) is 11.8 Å². The van der Waals surface area contributed by atoms with Crippen LogP contribution in [0.1, 0.15) is 91.9 Å². The predicted octanol–water partition coefficient (Wildman–Crippen LogP) is 3.64. The Bertz CT molecular complexity index is 424. The number of rotatable bonds is 15. The van der Waals surface area contributed by atoms with Crippen LogP contribution in [0.2, 0.25) is 0 Å². The highest BCUT2D eigenvalue weighted by Gasteiger charge is 2.24. The van der Waals surface area contributed by atoms with Crippen LogP contribution < -0.4 is 10.6 Å². The molecule has 3 N–H and O–H groups in total. The maximum absolute atomic E-state index is 12.2. The Hall–Kier alpha value is -1.59. The molecule has 0 radical (unpaired) electrons. The molecule has 0 spiro atoms. The number of aliphatic carboxylic acids is 1. The minimum absolute atomic E-state index is 0.139. The van der Waals surface area contributed by atoms with Crippen molar-refractivity contribution < 1.29 is 19.5 Å². The standard InChI is InChI=1S/C20H38N2O4/c1-5-6-7-8-9-10-11-12-13-18(23)22-17(14-15(2)3)19(24)21-16(4)20(25)26/h15-17H,5-14H2,1-4H3,(H,21,24)(H,22,23)(H,25,26)/t16-,17-/m0/s1. The van der Waals surface area contributed by atoms with Gasteiger partial charge in [0, 0.05) is 6.42 Å². The third-order valence-corrected chi connectivity index (χ3v) is 4.35. The van der Waals surface area contributed by atoms with Crippen molar-refractivity contribution in [2.24, 2.45) is 5.92 Å². The van der Waals surface area contributed by atoms with E-state index in [1.54, 1.807) is 0 Å². The summed E-state index contributed by atoms with van der Waals surface area (Å²) >= 11 is 0. The SMILES string of the molecule is CCCCCCCCCCC(=O)N[C@@H](CC(C)C)C(=O)N[C@@H](C)C(=O)O. The Morgan fingerprint density at radius 2 is 1.38 bits per heavy atom. The van der Waals surface area contributed by atoms with Crippen LogP contribution in [0.25, 0.3) is 0 Å². The third kappa shape index (κ3) is 12.7. The Morgan fingerprint density at radius 1 is 0.846 bits per heavy atom. The van der Waals surface area contributed by atoms with Crippen molar-refractivity contribution in [1.82, 2.24) is 10.6 Å². The number of carboxylic acids is 1. The van der Waals surface area contributed by atoms with E-state index in [4.69, 9.17) is 5.11 Å². The van der Waals surface area contributed by atoms with Crippen molar-refractivity contribution in [2.75, 3.05) is 0 Å². The molecule has 0 fully saturated rings. The lowest BCUT2D eigenvalue weighted by Crippen LogP contribution is -2.51. The molecule has 6 nitrogen and oxygen atoms in total. The molecule has 0 saturated heterocycles. The van der Waals surface area contributed by atoms with E-state index >= 15 is 0 Å². The van der Waals surface area contributed by atoms with Gasteiger partial charge >= 0.3 is 5.97 Å².